The van der Waals surface area contributed by atoms with Crippen LogP contribution in [0.25, 0.3) is 0 Å². The second-order valence-corrected chi connectivity index (χ2v) is 6.46. The van der Waals surface area contributed by atoms with Gasteiger partial charge in [0.05, 0.1) is 5.92 Å². The van der Waals surface area contributed by atoms with E-state index in [9.17, 15) is 18.0 Å². The van der Waals surface area contributed by atoms with Crippen LogP contribution >= 0.6 is 12.4 Å². The maximum absolute atomic E-state index is 12.6. The summed E-state index contributed by atoms with van der Waals surface area (Å²) in [6.45, 7) is 2.57. The first kappa shape index (κ1) is 19.6. The van der Waals surface area contributed by atoms with E-state index < -0.39 is 12.1 Å². The molecule has 2 rings (SSSR count). The molecular weight excluding hydrogens is 317 g/mol. The molecule has 1 aliphatic carbocycles. The lowest BCUT2D eigenvalue weighted by molar-refractivity contribution is -0.183. The van der Waals surface area contributed by atoms with Crippen LogP contribution in [-0.4, -0.2) is 31.7 Å². The molecule has 1 atom stereocenters. The van der Waals surface area contributed by atoms with Crippen molar-refractivity contribution < 1.29 is 18.0 Å². The molecule has 0 bridgehead atoms. The molecule has 1 heterocycles. The van der Waals surface area contributed by atoms with Crippen molar-refractivity contribution >= 4 is 18.3 Å². The van der Waals surface area contributed by atoms with Crippen molar-refractivity contribution in [3.05, 3.63) is 0 Å². The molecule has 0 aromatic heterocycles. The van der Waals surface area contributed by atoms with Crippen LogP contribution in [0.5, 0.6) is 0 Å². The van der Waals surface area contributed by atoms with Crippen LogP contribution in [0.15, 0.2) is 0 Å². The summed E-state index contributed by atoms with van der Waals surface area (Å²) in [5, 5.41) is 6.16. The first-order chi connectivity index (χ1) is 9.95. The summed E-state index contributed by atoms with van der Waals surface area (Å²) in [6.07, 6.45) is 0.0612. The molecule has 2 fully saturated rings. The Kier molecular flexibility index (Phi) is 7.97. The number of alkyl halides is 3. The van der Waals surface area contributed by atoms with Crippen LogP contribution in [0.3, 0.4) is 0 Å². The van der Waals surface area contributed by atoms with E-state index in [0.29, 0.717) is 31.7 Å². The maximum atomic E-state index is 12.6. The van der Waals surface area contributed by atoms with Crippen LogP contribution in [0.2, 0.25) is 0 Å². The largest absolute Gasteiger partial charge is 0.391 e. The Balaban J connectivity index is 0.00000242. The zero-order valence-electron chi connectivity index (χ0n) is 12.8. The molecule has 7 heteroatoms. The van der Waals surface area contributed by atoms with Crippen LogP contribution in [0.1, 0.15) is 44.9 Å². The average molecular weight is 343 g/mol. The molecule has 130 valence electrons. The highest BCUT2D eigenvalue weighted by molar-refractivity contribution is 5.85. The van der Waals surface area contributed by atoms with Crippen LogP contribution in [0, 0.1) is 17.8 Å². The van der Waals surface area contributed by atoms with E-state index in [0.717, 1.165) is 25.9 Å². The first-order valence-corrected chi connectivity index (χ1v) is 7.99. The van der Waals surface area contributed by atoms with Crippen molar-refractivity contribution in [1.29, 1.82) is 0 Å². The topological polar surface area (TPSA) is 41.1 Å². The third kappa shape index (κ3) is 6.32. The fraction of sp³-hybridized carbons (Fsp3) is 0.933. The van der Waals surface area contributed by atoms with Crippen molar-refractivity contribution in [2.75, 3.05) is 19.6 Å². The molecule has 2 N–H and O–H groups in total. The molecule has 0 aromatic rings. The highest BCUT2D eigenvalue weighted by Crippen LogP contribution is 2.39. The van der Waals surface area contributed by atoms with Crippen molar-refractivity contribution in [2.45, 2.75) is 51.1 Å². The van der Waals surface area contributed by atoms with Gasteiger partial charge in [0.2, 0.25) is 5.91 Å². The van der Waals surface area contributed by atoms with Gasteiger partial charge in [-0.3, -0.25) is 4.79 Å². The SMILES string of the molecule is Cl.O=C(CCC1CCNC1)NCC1CCC(C(F)(F)F)CC1. The summed E-state index contributed by atoms with van der Waals surface area (Å²) in [7, 11) is 0. The average Bonchev–Trinajstić information content (AvgIpc) is 2.95. The van der Waals surface area contributed by atoms with Gasteiger partial charge in [0.15, 0.2) is 0 Å². The Bertz CT molecular complexity index is 338. The quantitative estimate of drug-likeness (QED) is 0.805. The monoisotopic (exact) mass is 342 g/mol. The van der Waals surface area contributed by atoms with Gasteiger partial charge in [-0.1, -0.05) is 0 Å². The molecular formula is C15H26ClF3N2O. The van der Waals surface area contributed by atoms with E-state index in [1.165, 1.54) is 0 Å². The van der Waals surface area contributed by atoms with Crippen molar-refractivity contribution in [1.82, 2.24) is 10.6 Å². The number of carbonyl (C=O) groups excluding carboxylic acids is 1. The minimum atomic E-state index is -4.05. The number of rotatable bonds is 5. The molecule has 1 amide bonds. The summed E-state index contributed by atoms with van der Waals surface area (Å²) >= 11 is 0. The molecule has 0 radical (unpaired) electrons. The van der Waals surface area contributed by atoms with E-state index in [4.69, 9.17) is 0 Å². The van der Waals surface area contributed by atoms with Gasteiger partial charge in [0, 0.05) is 13.0 Å². The Morgan fingerprint density at radius 2 is 1.77 bits per heavy atom. The van der Waals surface area contributed by atoms with E-state index >= 15 is 0 Å². The van der Waals surface area contributed by atoms with Crippen LogP contribution in [0.4, 0.5) is 13.2 Å². The first-order valence-electron chi connectivity index (χ1n) is 7.99. The Morgan fingerprint density at radius 1 is 1.09 bits per heavy atom. The molecule has 1 saturated heterocycles. The standard InChI is InChI=1S/C15H25F3N2O.ClH/c16-15(17,18)13-4-1-11(2-5-13)10-20-14(21)6-3-12-7-8-19-9-12;/h11-13,19H,1-10H2,(H,20,21);1H. The second-order valence-electron chi connectivity index (χ2n) is 6.46. The molecule has 1 aliphatic heterocycles. The van der Waals surface area contributed by atoms with Gasteiger partial charge < -0.3 is 10.6 Å². The molecule has 0 spiro atoms. The molecule has 3 nitrogen and oxygen atoms in total. The molecule has 1 unspecified atom stereocenters. The zero-order valence-corrected chi connectivity index (χ0v) is 13.6. The Morgan fingerprint density at radius 3 is 2.32 bits per heavy atom. The lowest BCUT2D eigenvalue weighted by atomic mass is 9.81. The number of hydrogen-bond donors (Lipinski definition) is 2. The van der Waals surface area contributed by atoms with Gasteiger partial charge in [-0.05, 0) is 63.5 Å². The van der Waals surface area contributed by atoms with Gasteiger partial charge >= 0.3 is 6.18 Å². The van der Waals surface area contributed by atoms with Gasteiger partial charge in [-0.25, -0.2) is 0 Å². The summed E-state index contributed by atoms with van der Waals surface area (Å²) < 4.78 is 37.7. The predicted molar refractivity (Wildman–Crippen MR) is 82.0 cm³/mol. The lowest BCUT2D eigenvalue weighted by Crippen LogP contribution is -2.34. The van der Waals surface area contributed by atoms with E-state index in [1.807, 2.05) is 0 Å². The fourth-order valence-corrected chi connectivity index (χ4v) is 3.34. The summed E-state index contributed by atoms with van der Waals surface area (Å²) in [6, 6.07) is 0. The minimum Gasteiger partial charge on any atom is -0.356 e. The van der Waals surface area contributed by atoms with Crippen molar-refractivity contribution in [3.8, 4) is 0 Å². The number of hydrogen-bond acceptors (Lipinski definition) is 2. The molecule has 1 saturated carbocycles. The van der Waals surface area contributed by atoms with Gasteiger partial charge in [0.1, 0.15) is 0 Å². The number of nitrogens with one attached hydrogen (secondary N) is 2. The van der Waals surface area contributed by atoms with Crippen LogP contribution < -0.4 is 10.6 Å². The Hall–Kier alpha value is -0.490. The number of halogens is 4. The maximum Gasteiger partial charge on any atom is 0.391 e. The van der Waals surface area contributed by atoms with Crippen molar-refractivity contribution in [2.24, 2.45) is 17.8 Å². The fourth-order valence-electron chi connectivity index (χ4n) is 3.34. The van der Waals surface area contributed by atoms with Gasteiger partial charge in [-0.2, -0.15) is 13.2 Å². The minimum absolute atomic E-state index is 0. The smallest absolute Gasteiger partial charge is 0.356 e. The third-order valence-corrected chi connectivity index (χ3v) is 4.84. The lowest BCUT2D eigenvalue weighted by Gasteiger charge is -2.29. The molecule has 22 heavy (non-hydrogen) atoms. The second kappa shape index (κ2) is 8.96. The number of amides is 1. The molecule has 0 aromatic carbocycles. The highest BCUT2D eigenvalue weighted by atomic mass is 35.5. The number of carbonyl (C=O) groups is 1. The van der Waals surface area contributed by atoms with E-state index in [-0.39, 0.29) is 37.1 Å². The molecule has 2 aliphatic rings. The Labute approximate surface area is 136 Å². The van der Waals surface area contributed by atoms with E-state index in [2.05, 4.69) is 10.6 Å². The third-order valence-electron chi connectivity index (χ3n) is 4.84. The summed E-state index contributed by atoms with van der Waals surface area (Å²) in [5.74, 6) is -0.294. The zero-order chi connectivity index (χ0) is 15.3. The van der Waals surface area contributed by atoms with Crippen LogP contribution in [-0.2, 0) is 4.79 Å². The summed E-state index contributed by atoms with van der Waals surface area (Å²) in [5.41, 5.74) is 0. The summed E-state index contributed by atoms with van der Waals surface area (Å²) in [4.78, 5) is 11.8. The van der Waals surface area contributed by atoms with Gasteiger partial charge in [-0.15, -0.1) is 12.4 Å². The normalized spacial score (nSPS) is 29.0. The highest BCUT2D eigenvalue weighted by Gasteiger charge is 2.41. The predicted octanol–water partition coefficient (Wildman–Crippen LogP) is 3.28. The van der Waals surface area contributed by atoms with E-state index in [1.54, 1.807) is 0 Å². The van der Waals surface area contributed by atoms with Crippen molar-refractivity contribution in [3.63, 3.8) is 0 Å². The van der Waals surface area contributed by atoms with Gasteiger partial charge in [0.25, 0.3) is 0 Å².